The minimum Gasteiger partial charge on any atom is -0.350 e. The van der Waals surface area contributed by atoms with Crippen LogP contribution in [0.5, 0.6) is 0 Å². The lowest BCUT2D eigenvalue weighted by molar-refractivity contribution is -0.123. The van der Waals surface area contributed by atoms with Crippen molar-refractivity contribution in [2.75, 3.05) is 0 Å². The lowest BCUT2D eigenvalue weighted by Crippen LogP contribution is -2.33. The molecule has 0 saturated heterocycles. The zero-order valence-corrected chi connectivity index (χ0v) is 19.0. The lowest BCUT2D eigenvalue weighted by atomic mass is 10.1. The van der Waals surface area contributed by atoms with E-state index >= 15 is 0 Å². The summed E-state index contributed by atoms with van der Waals surface area (Å²) < 4.78 is 42.8. The Labute approximate surface area is 197 Å². The number of amides is 1. The number of rotatable bonds is 9. The number of sulfonamides is 1. The van der Waals surface area contributed by atoms with Crippen LogP contribution in [0.15, 0.2) is 102 Å². The number of carbonyl (C=O) groups is 1. The fourth-order valence-electron chi connectivity index (χ4n) is 3.51. The monoisotopic (exact) mass is 478 g/mol. The van der Waals surface area contributed by atoms with Gasteiger partial charge in [0.25, 0.3) is 0 Å². The zero-order chi connectivity index (χ0) is 24.0. The predicted molar refractivity (Wildman–Crippen MR) is 126 cm³/mol. The molecule has 9 heteroatoms. The standard InChI is InChI=1S/C25H23FN4O3S/c26-22-11-4-7-19(15-22)18-29-34(32,33)23-12-5-8-20(16-23)17-27-25(31)24(30-14-6-13-28-30)21-9-2-1-3-10-21/h1-16,24,29H,17-18H2,(H,27,31). The van der Waals surface area contributed by atoms with Gasteiger partial charge in [-0.15, -0.1) is 0 Å². The number of aromatic nitrogens is 2. The van der Waals surface area contributed by atoms with Gasteiger partial charge < -0.3 is 5.32 Å². The second-order valence-corrected chi connectivity index (χ2v) is 9.39. The highest BCUT2D eigenvalue weighted by molar-refractivity contribution is 7.89. The molecule has 34 heavy (non-hydrogen) atoms. The van der Waals surface area contributed by atoms with Crippen molar-refractivity contribution in [2.45, 2.75) is 24.0 Å². The number of nitrogens with one attached hydrogen (secondary N) is 2. The molecule has 0 aliphatic carbocycles. The summed E-state index contributed by atoms with van der Waals surface area (Å²) in [4.78, 5) is 13.1. The van der Waals surface area contributed by atoms with Gasteiger partial charge in [-0.05, 0) is 47.0 Å². The Hall–Kier alpha value is -3.82. The lowest BCUT2D eigenvalue weighted by Gasteiger charge is -2.18. The van der Waals surface area contributed by atoms with Crippen LogP contribution in [0.1, 0.15) is 22.7 Å². The molecule has 0 spiro atoms. The largest absolute Gasteiger partial charge is 0.350 e. The zero-order valence-electron chi connectivity index (χ0n) is 18.1. The molecule has 174 valence electrons. The van der Waals surface area contributed by atoms with Crippen LogP contribution in [-0.4, -0.2) is 24.1 Å². The third-order valence-electron chi connectivity index (χ3n) is 5.18. The molecule has 1 unspecified atom stereocenters. The fraction of sp³-hybridized carbons (Fsp3) is 0.120. The highest BCUT2D eigenvalue weighted by atomic mass is 32.2. The minimum absolute atomic E-state index is 0.0380. The van der Waals surface area contributed by atoms with Gasteiger partial charge in [0.05, 0.1) is 4.90 Å². The molecule has 4 rings (SSSR count). The Morgan fingerprint density at radius 3 is 2.35 bits per heavy atom. The summed E-state index contributed by atoms with van der Waals surface area (Å²) in [5.41, 5.74) is 1.91. The van der Waals surface area contributed by atoms with Gasteiger partial charge >= 0.3 is 0 Å². The summed E-state index contributed by atoms with van der Waals surface area (Å²) in [6, 6.07) is 22.4. The number of carbonyl (C=O) groups excluding carboxylic acids is 1. The summed E-state index contributed by atoms with van der Waals surface area (Å²) in [5.74, 6) is -0.703. The van der Waals surface area contributed by atoms with Crippen molar-refractivity contribution in [3.05, 3.63) is 120 Å². The Balaban J connectivity index is 1.45. The van der Waals surface area contributed by atoms with E-state index in [1.54, 1.807) is 41.3 Å². The minimum atomic E-state index is -3.83. The molecular formula is C25H23FN4O3S. The van der Waals surface area contributed by atoms with Gasteiger partial charge in [0.1, 0.15) is 5.82 Å². The average molecular weight is 479 g/mol. The number of benzene rings is 3. The Morgan fingerprint density at radius 2 is 1.65 bits per heavy atom. The van der Waals surface area contributed by atoms with Crippen LogP contribution in [0.4, 0.5) is 4.39 Å². The molecule has 0 saturated carbocycles. The van der Waals surface area contributed by atoms with Gasteiger partial charge in [0.15, 0.2) is 6.04 Å². The maximum Gasteiger partial charge on any atom is 0.249 e. The van der Waals surface area contributed by atoms with E-state index in [-0.39, 0.29) is 23.9 Å². The first-order valence-electron chi connectivity index (χ1n) is 10.6. The first-order valence-corrected chi connectivity index (χ1v) is 12.1. The van der Waals surface area contributed by atoms with Crippen LogP contribution in [0.25, 0.3) is 0 Å². The van der Waals surface area contributed by atoms with Gasteiger partial charge in [-0.2, -0.15) is 5.10 Å². The van der Waals surface area contributed by atoms with E-state index in [4.69, 9.17) is 0 Å². The molecule has 0 aliphatic rings. The Kier molecular flexibility index (Phi) is 7.15. The van der Waals surface area contributed by atoms with Crippen LogP contribution in [0.3, 0.4) is 0 Å². The highest BCUT2D eigenvalue weighted by Crippen LogP contribution is 2.18. The van der Waals surface area contributed by atoms with Crippen LogP contribution >= 0.6 is 0 Å². The van der Waals surface area contributed by atoms with E-state index in [9.17, 15) is 17.6 Å². The quantitative estimate of drug-likeness (QED) is 0.386. The molecular weight excluding hydrogens is 455 g/mol. The topological polar surface area (TPSA) is 93.1 Å². The predicted octanol–water partition coefficient (Wildman–Crippen LogP) is 3.41. The molecule has 0 bridgehead atoms. The Morgan fingerprint density at radius 1 is 0.912 bits per heavy atom. The van der Waals surface area contributed by atoms with Crippen LogP contribution in [0, 0.1) is 5.82 Å². The van der Waals surface area contributed by atoms with Gasteiger partial charge in [-0.25, -0.2) is 17.5 Å². The van der Waals surface area contributed by atoms with Gasteiger partial charge in [-0.1, -0.05) is 54.6 Å². The summed E-state index contributed by atoms with van der Waals surface area (Å²) in [6.07, 6.45) is 3.32. The van der Waals surface area contributed by atoms with Crippen molar-refractivity contribution in [1.29, 1.82) is 0 Å². The van der Waals surface area contributed by atoms with Crippen LogP contribution < -0.4 is 10.0 Å². The summed E-state index contributed by atoms with van der Waals surface area (Å²) in [5, 5.41) is 7.08. The van der Waals surface area contributed by atoms with Crippen molar-refractivity contribution in [2.24, 2.45) is 0 Å². The molecule has 0 fully saturated rings. The van der Waals surface area contributed by atoms with E-state index < -0.39 is 21.9 Å². The molecule has 3 aromatic carbocycles. The number of nitrogens with zero attached hydrogens (tertiary/aromatic N) is 2. The van der Waals surface area contributed by atoms with E-state index in [0.717, 1.165) is 5.56 Å². The summed E-state index contributed by atoms with van der Waals surface area (Å²) in [6.45, 7) is 0.0976. The second kappa shape index (κ2) is 10.4. The maximum absolute atomic E-state index is 13.4. The Bertz CT molecular complexity index is 1360. The molecule has 7 nitrogen and oxygen atoms in total. The van der Waals surface area contributed by atoms with E-state index in [0.29, 0.717) is 11.1 Å². The SMILES string of the molecule is O=C(NCc1cccc(S(=O)(=O)NCc2cccc(F)c2)c1)C(c1ccccc1)n1cccn1. The molecule has 1 aromatic heterocycles. The van der Waals surface area contributed by atoms with Gasteiger partial charge in [0, 0.05) is 25.5 Å². The molecule has 0 aliphatic heterocycles. The summed E-state index contributed by atoms with van der Waals surface area (Å²) in [7, 11) is -3.83. The first kappa shape index (κ1) is 23.3. The smallest absolute Gasteiger partial charge is 0.249 e. The van der Waals surface area contributed by atoms with Crippen molar-refractivity contribution in [1.82, 2.24) is 19.8 Å². The van der Waals surface area contributed by atoms with Crippen molar-refractivity contribution in [3.8, 4) is 0 Å². The fourth-order valence-corrected chi connectivity index (χ4v) is 4.60. The van der Waals surface area contributed by atoms with Crippen molar-refractivity contribution < 1.29 is 17.6 Å². The van der Waals surface area contributed by atoms with E-state index in [1.165, 1.54) is 30.3 Å². The number of hydrogen-bond acceptors (Lipinski definition) is 4. The van der Waals surface area contributed by atoms with E-state index in [1.807, 2.05) is 30.3 Å². The molecule has 4 aromatic rings. The summed E-state index contributed by atoms with van der Waals surface area (Å²) >= 11 is 0. The third kappa shape index (κ3) is 5.75. The first-order chi connectivity index (χ1) is 16.4. The molecule has 1 atom stereocenters. The van der Waals surface area contributed by atoms with Gasteiger partial charge in [-0.3, -0.25) is 9.48 Å². The molecule has 1 amide bonds. The van der Waals surface area contributed by atoms with Crippen molar-refractivity contribution in [3.63, 3.8) is 0 Å². The molecule has 1 heterocycles. The number of halogens is 1. The van der Waals surface area contributed by atoms with E-state index in [2.05, 4.69) is 15.1 Å². The normalized spacial score (nSPS) is 12.3. The average Bonchev–Trinajstić information content (AvgIpc) is 3.37. The maximum atomic E-state index is 13.4. The van der Waals surface area contributed by atoms with Crippen molar-refractivity contribution >= 4 is 15.9 Å². The third-order valence-corrected chi connectivity index (χ3v) is 6.58. The highest BCUT2D eigenvalue weighted by Gasteiger charge is 2.23. The van der Waals surface area contributed by atoms with Gasteiger partial charge in [0.2, 0.25) is 15.9 Å². The van der Waals surface area contributed by atoms with Crippen LogP contribution in [-0.2, 0) is 27.9 Å². The molecule has 2 N–H and O–H groups in total. The number of hydrogen-bond donors (Lipinski definition) is 2. The second-order valence-electron chi connectivity index (χ2n) is 7.62. The van der Waals surface area contributed by atoms with Crippen LogP contribution in [0.2, 0.25) is 0 Å². The molecule has 0 radical (unpaired) electrons.